The third kappa shape index (κ3) is 3.10. The fourth-order valence-corrected chi connectivity index (χ4v) is 2.48. The minimum Gasteiger partial charge on any atom is -0.352 e. The van der Waals surface area contributed by atoms with E-state index in [-0.39, 0.29) is 17.1 Å². The molecule has 2 amide bonds. The van der Waals surface area contributed by atoms with Crippen molar-refractivity contribution in [2.75, 3.05) is 18.0 Å². The molecule has 1 atom stereocenters. The van der Waals surface area contributed by atoms with Crippen LogP contribution in [0, 0.1) is 0 Å². The van der Waals surface area contributed by atoms with E-state index in [1.54, 1.807) is 11.0 Å². The molecule has 1 aliphatic rings. The highest BCUT2D eigenvalue weighted by Gasteiger charge is 2.30. The first kappa shape index (κ1) is 13.9. The minimum atomic E-state index is -0.132. The smallest absolute Gasteiger partial charge is 0.253 e. The normalized spacial score (nSPS) is 18.7. The average molecular weight is 278 g/mol. The summed E-state index contributed by atoms with van der Waals surface area (Å²) in [6.45, 7) is 3.19. The molecule has 1 aliphatic heterocycles. The SMILES string of the molecule is CCCNC(=O)c1ccccc1N1CC(S)CC1=O. The lowest BCUT2D eigenvalue weighted by molar-refractivity contribution is -0.117. The summed E-state index contributed by atoms with van der Waals surface area (Å²) in [6, 6.07) is 7.21. The number of nitrogens with one attached hydrogen (secondary N) is 1. The molecule has 1 saturated heterocycles. The third-order valence-electron chi connectivity index (χ3n) is 3.08. The number of para-hydroxylation sites is 1. The van der Waals surface area contributed by atoms with Gasteiger partial charge in [-0.25, -0.2) is 0 Å². The Labute approximate surface area is 118 Å². The number of rotatable bonds is 4. The Kier molecular flexibility index (Phi) is 4.47. The number of carbonyl (C=O) groups excluding carboxylic acids is 2. The summed E-state index contributed by atoms with van der Waals surface area (Å²) in [5, 5.41) is 2.88. The molecule has 0 aromatic heterocycles. The van der Waals surface area contributed by atoms with Gasteiger partial charge in [-0.1, -0.05) is 19.1 Å². The molecule has 1 aromatic rings. The fraction of sp³-hybridized carbons (Fsp3) is 0.429. The van der Waals surface area contributed by atoms with Crippen molar-refractivity contribution in [3.8, 4) is 0 Å². The second-order valence-corrected chi connectivity index (χ2v) is 5.37. The van der Waals surface area contributed by atoms with Crippen LogP contribution in [0.5, 0.6) is 0 Å². The van der Waals surface area contributed by atoms with E-state index in [9.17, 15) is 9.59 Å². The van der Waals surface area contributed by atoms with Crippen LogP contribution in [-0.4, -0.2) is 30.2 Å². The number of benzene rings is 1. The van der Waals surface area contributed by atoms with E-state index in [4.69, 9.17) is 0 Å². The zero-order chi connectivity index (χ0) is 13.8. The number of anilines is 1. The lowest BCUT2D eigenvalue weighted by Gasteiger charge is -2.19. The Morgan fingerprint density at radius 3 is 2.84 bits per heavy atom. The number of nitrogens with zero attached hydrogens (tertiary/aromatic N) is 1. The number of thiol groups is 1. The summed E-state index contributed by atoms with van der Waals surface area (Å²) in [5.74, 6) is -0.108. The molecule has 0 saturated carbocycles. The molecule has 0 spiro atoms. The molecule has 1 fully saturated rings. The maximum Gasteiger partial charge on any atom is 0.253 e. The molecule has 0 radical (unpaired) electrons. The molecular weight excluding hydrogens is 260 g/mol. The first-order valence-electron chi connectivity index (χ1n) is 6.49. The van der Waals surface area contributed by atoms with Crippen LogP contribution >= 0.6 is 12.6 Å². The van der Waals surface area contributed by atoms with Crippen LogP contribution in [-0.2, 0) is 4.79 Å². The molecule has 5 heteroatoms. The minimum absolute atomic E-state index is 0.0238. The lowest BCUT2D eigenvalue weighted by Crippen LogP contribution is -2.30. The van der Waals surface area contributed by atoms with Gasteiger partial charge in [0, 0.05) is 24.8 Å². The summed E-state index contributed by atoms with van der Waals surface area (Å²) < 4.78 is 0. The zero-order valence-corrected chi connectivity index (χ0v) is 11.8. The molecule has 2 rings (SSSR count). The van der Waals surface area contributed by atoms with Gasteiger partial charge in [0.2, 0.25) is 5.91 Å². The average Bonchev–Trinajstić information content (AvgIpc) is 2.75. The summed E-state index contributed by atoms with van der Waals surface area (Å²) in [6.07, 6.45) is 1.31. The number of hydrogen-bond acceptors (Lipinski definition) is 3. The third-order valence-corrected chi connectivity index (χ3v) is 3.43. The Bertz CT molecular complexity index is 490. The van der Waals surface area contributed by atoms with Crippen molar-refractivity contribution in [1.29, 1.82) is 0 Å². The van der Waals surface area contributed by atoms with E-state index in [0.717, 1.165) is 6.42 Å². The standard InChI is InChI=1S/C14H18N2O2S/c1-2-7-15-14(18)11-5-3-4-6-12(11)16-9-10(19)8-13(16)17/h3-6,10,19H,2,7-9H2,1H3,(H,15,18). The van der Waals surface area contributed by atoms with E-state index in [0.29, 0.717) is 30.8 Å². The summed E-state index contributed by atoms with van der Waals surface area (Å²) in [4.78, 5) is 25.7. The molecule has 19 heavy (non-hydrogen) atoms. The predicted octanol–water partition coefficient (Wildman–Crippen LogP) is 1.86. The van der Waals surface area contributed by atoms with Gasteiger partial charge in [-0.15, -0.1) is 0 Å². The maximum absolute atomic E-state index is 12.1. The molecule has 1 heterocycles. The van der Waals surface area contributed by atoms with Crippen molar-refractivity contribution in [3.63, 3.8) is 0 Å². The van der Waals surface area contributed by atoms with Gasteiger partial charge in [-0.2, -0.15) is 12.6 Å². The van der Waals surface area contributed by atoms with Crippen LogP contribution in [0.2, 0.25) is 0 Å². The van der Waals surface area contributed by atoms with Gasteiger partial charge in [0.25, 0.3) is 5.91 Å². The second kappa shape index (κ2) is 6.10. The van der Waals surface area contributed by atoms with Gasteiger partial charge in [-0.3, -0.25) is 9.59 Å². The van der Waals surface area contributed by atoms with Crippen LogP contribution in [0.3, 0.4) is 0 Å². The molecule has 102 valence electrons. The van der Waals surface area contributed by atoms with Gasteiger partial charge >= 0.3 is 0 Å². The Morgan fingerprint density at radius 1 is 1.47 bits per heavy atom. The largest absolute Gasteiger partial charge is 0.352 e. The second-order valence-electron chi connectivity index (χ2n) is 4.64. The molecule has 4 nitrogen and oxygen atoms in total. The first-order chi connectivity index (χ1) is 9.13. The monoisotopic (exact) mass is 278 g/mol. The van der Waals surface area contributed by atoms with Gasteiger partial charge in [-0.05, 0) is 18.6 Å². The Morgan fingerprint density at radius 2 is 2.21 bits per heavy atom. The van der Waals surface area contributed by atoms with Crippen LogP contribution in [0.4, 0.5) is 5.69 Å². The maximum atomic E-state index is 12.1. The van der Waals surface area contributed by atoms with E-state index < -0.39 is 0 Å². The van der Waals surface area contributed by atoms with Crippen LogP contribution in [0.15, 0.2) is 24.3 Å². The Hall–Kier alpha value is -1.49. The highest BCUT2D eigenvalue weighted by atomic mass is 32.1. The van der Waals surface area contributed by atoms with Gasteiger partial charge in [0.15, 0.2) is 0 Å². The van der Waals surface area contributed by atoms with E-state index in [1.165, 1.54) is 0 Å². The van der Waals surface area contributed by atoms with Gasteiger partial charge < -0.3 is 10.2 Å². The summed E-state index contributed by atoms with van der Waals surface area (Å²) in [7, 11) is 0. The van der Waals surface area contributed by atoms with Crippen molar-refractivity contribution >= 4 is 30.1 Å². The quantitative estimate of drug-likeness (QED) is 0.826. The van der Waals surface area contributed by atoms with Crippen LogP contribution < -0.4 is 10.2 Å². The highest BCUT2D eigenvalue weighted by Crippen LogP contribution is 2.27. The molecule has 1 aromatic carbocycles. The molecule has 1 N–H and O–H groups in total. The van der Waals surface area contributed by atoms with Crippen molar-refractivity contribution < 1.29 is 9.59 Å². The number of amides is 2. The van der Waals surface area contributed by atoms with Crippen molar-refractivity contribution in [1.82, 2.24) is 5.32 Å². The van der Waals surface area contributed by atoms with Crippen molar-refractivity contribution in [2.24, 2.45) is 0 Å². The predicted molar refractivity (Wildman–Crippen MR) is 78.8 cm³/mol. The van der Waals surface area contributed by atoms with Crippen LogP contribution in [0.25, 0.3) is 0 Å². The molecule has 0 bridgehead atoms. The fourth-order valence-electron chi connectivity index (χ4n) is 2.16. The van der Waals surface area contributed by atoms with Gasteiger partial charge in [0.1, 0.15) is 0 Å². The summed E-state index contributed by atoms with van der Waals surface area (Å²) >= 11 is 4.34. The van der Waals surface area contributed by atoms with Crippen molar-refractivity contribution in [2.45, 2.75) is 25.0 Å². The van der Waals surface area contributed by atoms with E-state index >= 15 is 0 Å². The van der Waals surface area contributed by atoms with E-state index in [2.05, 4.69) is 17.9 Å². The Balaban J connectivity index is 2.26. The zero-order valence-electron chi connectivity index (χ0n) is 10.9. The first-order valence-corrected chi connectivity index (χ1v) is 7.00. The van der Waals surface area contributed by atoms with E-state index in [1.807, 2.05) is 25.1 Å². The molecule has 1 unspecified atom stereocenters. The highest BCUT2D eigenvalue weighted by molar-refractivity contribution is 7.81. The molecular formula is C14H18N2O2S. The lowest BCUT2D eigenvalue weighted by atomic mass is 10.1. The topological polar surface area (TPSA) is 49.4 Å². The number of carbonyl (C=O) groups is 2. The molecule has 0 aliphatic carbocycles. The van der Waals surface area contributed by atoms with Gasteiger partial charge in [0.05, 0.1) is 11.3 Å². The number of hydrogen-bond donors (Lipinski definition) is 2. The summed E-state index contributed by atoms with van der Waals surface area (Å²) in [5.41, 5.74) is 1.23. The van der Waals surface area contributed by atoms with Crippen molar-refractivity contribution in [3.05, 3.63) is 29.8 Å². The van der Waals surface area contributed by atoms with Crippen LogP contribution in [0.1, 0.15) is 30.1 Å².